The standard InChI is InChI=1S/C12H11ClN2.2ClH/c13-11-3-1-9(2-4-11)12-8-15-6-5-10(12)7-14;;/h1-6,8H,7,14H2;2*1H. The van der Waals surface area contributed by atoms with Gasteiger partial charge >= 0.3 is 0 Å². The Morgan fingerprint density at radius 1 is 1.06 bits per heavy atom. The fourth-order valence-electron chi connectivity index (χ4n) is 1.49. The summed E-state index contributed by atoms with van der Waals surface area (Å²) >= 11 is 5.83. The molecule has 2 N–H and O–H groups in total. The van der Waals surface area contributed by atoms with Crippen molar-refractivity contribution in [1.29, 1.82) is 0 Å². The first-order chi connectivity index (χ1) is 7.31. The summed E-state index contributed by atoms with van der Waals surface area (Å²) in [5.74, 6) is 0. The molecule has 92 valence electrons. The van der Waals surface area contributed by atoms with E-state index in [1.165, 1.54) is 0 Å². The number of hydrogen-bond donors (Lipinski definition) is 1. The molecule has 0 bridgehead atoms. The van der Waals surface area contributed by atoms with Gasteiger partial charge in [-0.2, -0.15) is 0 Å². The molecule has 2 nitrogen and oxygen atoms in total. The highest BCUT2D eigenvalue weighted by Crippen LogP contribution is 2.23. The topological polar surface area (TPSA) is 38.9 Å². The summed E-state index contributed by atoms with van der Waals surface area (Å²) < 4.78 is 0. The van der Waals surface area contributed by atoms with Crippen LogP contribution in [0.3, 0.4) is 0 Å². The van der Waals surface area contributed by atoms with Crippen molar-refractivity contribution in [3.63, 3.8) is 0 Å². The molecule has 0 saturated heterocycles. The summed E-state index contributed by atoms with van der Waals surface area (Å²) in [6.07, 6.45) is 3.58. The Labute approximate surface area is 118 Å². The van der Waals surface area contributed by atoms with Gasteiger partial charge in [0.1, 0.15) is 0 Å². The van der Waals surface area contributed by atoms with Gasteiger partial charge in [-0.25, -0.2) is 0 Å². The first kappa shape index (κ1) is 16.2. The number of hydrogen-bond acceptors (Lipinski definition) is 2. The number of pyridine rings is 1. The molecule has 2 rings (SSSR count). The van der Waals surface area contributed by atoms with Gasteiger partial charge in [-0.3, -0.25) is 4.98 Å². The molecule has 0 amide bonds. The molecule has 0 fully saturated rings. The minimum atomic E-state index is 0. The van der Waals surface area contributed by atoms with Crippen LogP contribution in [0, 0.1) is 0 Å². The van der Waals surface area contributed by atoms with Crippen molar-refractivity contribution in [3.8, 4) is 11.1 Å². The lowest BCUT2D eigenvalue weighted by molar-refractivity contribution is 1.06. The summed E-state index contributed by atoms with van der Waals surface area (Å²) in [6, 6.07) is 9.61. The highest BCUT2D eigenvalue weighted by molar-refractivity contribution is 6.30. The van der Waals surface area contributed by atoms with Crippen LogP contribution in [0.1, 0.15) is 5.56 Å². The van der Waals surface area contributed by atoms with Gasteiger partial charge in [0.15, 0.2) is 0 Å². The minimum absolute atomic E-state index is 0. The average Bonchev–Trinajstić information content (AvgIpc) is 2.30. The van der Waals surface area contributed by atoms with E-state index in [4.69, 9.17) is 17.3 Å². The van der Waals surface area contributed by atoms with Crippen molar-refractivity contribution < 1.29 is 0 Å². The summed E-state index contributed by atoms with van der Waals surface area (Å²) in [5.41, 5.74) is 8.91. The van der Waals surface area contributed by atoms with Gasteiger partial charge in [-0.15, -0.1) is 24.8 Å². The van der Waals surface area contributed by atoms with Crippen molar-refractivity contribution in [3.05, 3.63) is 53.3 Å². The molecule has 0 aliphatic heterocycles. The van der Waals surface area contributed by atoms with E-state index >= 15 is 0 Å². The SMILES string of the molecule is Cl.Cl.NCc1ccncc1-c1ccc(Cl)cc1. The van der Waals surface area contributed by atoms with Crippen molar-refractivity contribution in [1.82, 2.24) is 4.98 Å². The molecular formula is C12H13Cl3N2. The summed E-state index contributed by atoms with van der Waals surface area (Å²) in [4.78, 5) is 4.10. The van der Waals surface area contributed by atoms with Crippen LogP contribution >= 0.6 is 36.4 Å². The zero-order valence-corrected chi connectivity index (χ0v) is 11.4. The van der Waals surface area contributed by atoms with Gasteiger partial charge in [0.25, 0.3) is 0 Å². The van der Waals surface area contributed by atoms with E-state index in [9.17, 15) is 0 Å². The third kappa shape index (κ3) is 3.86. The molecule has 1 heterocycles. The lowest BCUT2D eigenvalue weighted by Gasteiger charge is -2.06. The second-order valence-electron chi connectivity index (χ2n) is 3.24. The van der Waals surface area contributed by atoms with Gasteiger partial charge in [-0.1, -0.05) is 23.7 Å². The van der Waals surface area contributed by atoms with E-state index in [1.807, 2.05) is 36.5 Å². The molecule has 1 aromatic heterocycles. The van der Waals surface area contributed by atoms with Gasteiger partial charge in [-0.05, 0) is 29.3 Å². The Balaban J connectivity index is 0.00000128. The molecule has 5 heteroatoms. The number of benzene rings is 1. The molecule has 0 aliphatic rings. The van der Waals surface area contributed by atoms with Crippen LogP contribution in [-0.4, -0.2) is 4.98 Å². The lowest BCUT2D eigenvalue weighted by Crippen LogP contribution is -1.99. The Bertz CT molecular complexity index is 458. The molecule has 17 heavy (non-hydrogen) atoms. The number of halogens is 3. The third-order valence-electron chi connectivity index (χ3n) is 2.29. The Hall–Kier alpha value is -0.800. The van der Waals surface area contributed by atoms with Crippen LogP contribution in [0.25, 0.3) is 11.1 Å². The predicted molar refractivity (Wildman–Crippen MR) is 77.1 cm³/mol. The molecule has 0 unspecified atom stereocenters. The summed E-state index contributed by atoms with van der Waals surface area (Å²) in [7, 11) is 0. The highest BCUT2D eigenvalue weighted by atomic mass is 35.5. The van der Waals surface area contributed by atoms with Crippen molar-refractivity contribution in [2.24, 2.45) is 5.73 Å². The smallest absolute Gasteiger partial charge is 0.0406 e. The van der Waals surface area contributed by atoms with Crippen LogP contribution in [-0.2, 0) is 6.54 Å². The maximum absolute atomic E-state index is 5.83. The minimum Gasteiger partial charge on any atom is -0.326 e. The molecule has 0 saturated carbocycles. The van der Waals surface area contributed by atoms with Crippen LogP contribution < -0.4 is 5.73 Å². The monoisotopic (exact) mass is 290 g/mol. The number of nitrogens with zero attached hydrogens (tertiary/aromatic N) is 1. The van der Waals surface area contributed by atoms with E-state index in [2.05, 4.69) is 4.98 Å². The summed E-state index contributed by atoms with van der Waals surface area (Å²) in [5, 5.41) is 0.733. The fourth-order valence-corrected chi connectivity index (χ4v) is 1.62. The zero-order valence-electron chi connectivity index (χ0n) is 8.97. The van der Waals surface area contributed by atoms with E-state index in [1.54, 1.807) is 6.20 Å². The maximum atomic E-state index is 5.83. The molecule has 0 spiro atoms. The van der Waals surface area contributed by atoms with E-state index in [0.29, 0.717) is 6.54 Å². The third-order valence-corrected chi connectivity index (χ3v) is 2.54. The van der Waals surface area contributed by atoms with Gasteiger partial charge in [0, 0.05) is 29.5 Å². The average molecular weight is 292 g/mol. The van der Waals surface area contributed by atoms with Crippen molar-refractivity contribution in [2.75, 3.05) is 0 Å². The normalized spacial score (nSPS) is 9.06. The lowest BCUT2D eigenvalue weighted by atomic mass is 10.0. The number of aromatic nitrogens is 1. The molecular weight excluding hydrogens is 279 g/mol. The maximum Gasteiger partial charge on any atom is 0.0406 e. The van der Waals surface area contributed by atoms with E-state index < -0.39 is 0 Å². The Morgan fingerprint density at radius 3 is 2.29 bits per heavy atom. The first-order valence-electron chi connectivity index (χ1n) is 4.70. The Morgan fingerprint density at radius 2 is 1.71 bits per heavy atom. The number of nitrogens with two attached hydrogens (primary N) is 1. The second kappa shape index (κ2) is 7.51. The first-order valence-corrected chi connectivity index (χ1v) is 5.08. The largest absolute Gasteiger partial charge is 0.326 e. The molecule has 0 atom stereocenters. The van der Waals surface area contributed by atoms with Crippen LogP contribution in [0.4, 0.5) is 0 Å². The van der Waals surface area contributed by atoms with Crippen molar-refractivity contribution >= 4 is 36.4 Å². The van der Waals surface area contributed by atoms with Gasteiger partial charge < -0.3 is 5.73 Å². The zero-order chi connectivity index (χ0) is 10.7. The predicted octanol–water partition coefficient (Wildman–Crippen LogP) is 3.70. The molecule has 0 radical (unpaired) electrons. The van der Waals surface area contributed by atoms with Gasteiger partial charge in [0.05, 0.1) is 0 Å². The van der Waals surface area contributed by atoms with E-state index in [-0.39, 0.29) is 24.8 Å². The quantitative estimate of drug-likeness (QED) is 0.916. The fraction of sp³-hybridized carbons (Fsp3) is 0.0833. The van der Waals surface area contributed by atoms with Gasteiger partial charge in [0.2, 0.25) is 0 Å². The van der Waals surface area contributed by atoms with Crippen LogP contribution in [0.2, 0.25) is 5.02 Å². The molecule has 1 aromatic carbocycles. The van der Waals surface area contributed by atoms with Crippen LogP contribution in [0.15, 0.2) is 42.7 Å². The van der Waals surface area contributed by atoms with Crippen molar-refractivity contribution in [2.45, 2.75) is 6.54 Å². The Kier molecular flexibility index (Phi) is 7.16. The molecule has 2 aromatic rings. The summed E-state index contributed by atoms with van der Waals surface area (Å²) in [6.45, 7) is 0.514. The van der Waals surface area contributed by atoms with E-state index in [0.717, 1.165) is 21.7 Å². The molecule has 0 aliphatic carbocycles. The van der Waals surface area contributed by atoms with Crippen LogP contribution in [0.5, 0.6) is 0 Å². The highest BCUT2D eigenvalue weighted by Gasteiger charge is 2.02. The second-order valence-corrected chi connectivity index (χ2v) is 3.68. The number of rotatable bonds is 2.